The summed E-state index contributed by atoms with van der Waals surface area (Å²) in [4.78, 5) is 2.77. The Morgan fingerprint density at radius 2 is 1.78 bits per heavy atom. The number of nitrogens with one attached hydrogen (secondary N) is 2. The van der Waals surface area contributed by atoms with Crippen LogP contribution in [0.4, 0.5) is 24.5 Å². The van der Waals surface area contributed by atoms with E-state index in [0.29, 0.717) is 33.8 Å². The summed E-state index contributed by atoms with van der Waals surface area (Å²) in [6, 6.07) is 12.5. The number of likely N-dealkylation sites (tertiary alicyclic amines) is 1. The van der Waals surface area contributed by atoms with Crippen LogP contribution in [-0.4, -0.2) is 82.4 Å². The number of fused-ring (bicyclic) bond motifs is 1. The SMILES string of the molecule is COc1cc(S(C)(=O)=O)ccc1NCC#Cc1cc2c(NC3CCC(N4CCC5(CC4)COC5)CC3)cccc2n1CC(F)(F)F. The first-order valence-corrected chi connectivity index (χ1v) is 17.7. The maximum absolute atomic E-state index is 13.7. The van der Waals surface area contributed by atoms with Crippen LogP contribution in [0.5, 0.6) is 5.75 Å². The molecule has 0 unspecified atom stereocenters. The Morgan fingerprint density at radius 3 is 2.41 bits per heavy atom. The number of hydrogen-bond acceptors (Lipinski definition) is 7. The molecule has 8 nitrogen and oxygen atoms in total. The molecule has 1 aromatic heterocycles. The van der Waals surface area contributed by atoms with E-state index in [1.807, 2.05) is 6.07 Å². The zero-order valence-electron chi connectivity index (χ0n) is 26.3. The molecule has 0 atom stereocenters. The topological polar surface area (TPSA) is 84.8 Å². The second-order valence-electron chi connectivity index (χ2n) is 12.9. The highest BCUT2D eigenvalue weighted by Crippen LogP contribution is 2.40. The number of aromatic nitrogens is 1. The third-order valence-electron chi connectivity index (χ3n) is 9.72. The first-order chi connectivity index (χ1) is 21.9. The van der Waals surface area contributed by atoms with Crippen LogP contribution < -0.4 is 15.4 Å². The Morgan fingerprint density at radius 1 is 1.04 bits per heavy atom. The van der Waals surface area contributed by atoms with E-state index >= 15 is 0 Å². The molecule has 3 fully saturated rings. The summed E-state index contributed by atoms with van der Waals surface area (Å²) < 4.78 is 76.9. The molecule has 3 aliphatic rings. The average Bonchev–Trinajstić information content (AvgIpc) is 3.35. The summed E-state index contributed by atoms with van der Waals surface area (Å²) in [7, 11) is -1.98. The Kier molecular flexibility index (Phi) is 9.20. The van der Waals surface area contributed by atoms with Gasteiger partial charge in [0.25, 0.3) is 0 Å². The third-order valence-corrected chi connectivity index (χ3v) is 10.8. The monoisotopic (exact) mass is 658 g/mol. The van der Waals surface area contributed by atoms with Gasteiger partial charge in [-0.05, 0) is 87.9 Å². The summed E-state index contributed by atoms with van der Waals surface area (Å²) in [6.07, 6.45) is 3.38. The van der Waals surface area contributed by atoms with Crippen molar-refractivity contribution < 1.29 is 31.1 Å². The van der Waals surface area contributed by atoms with Crippen LogP contribution in [0.2, 0.25) is 0 Å². The maximum Gasteiger partial charge on any atom is 0.406 e. The van der Waals surface area contributed by atoms with Gasteiger partial charge >= 0.3 is 6.18 Å². The van der Waals surface area contributed by atoms with Crippen molar-refractivity contribution in [2.45, 2.75) is 68.2 Å². The lowest BCUT2D eigenvalue weighted by Crippen LogP contribution is -2.53. The van der Waals surface area contributed by atoms with E-state index in [0.717, 1.165) is 63.9 Å². The van der Waals surface area contributed by atoms with Crippen LogP contribution in [0, 0.1) is 17.3 Å². The fraction of sp³-hybridized carbons (Fsp3) is 0.529. The molecule has 0 radical (unpaired) electrons. The van der Waals surface area contributed by atoms with Gasteiger partial charge in [-0.2, -0.15) is 13.2 Å². The molecule has 46 heavy (non-hydrogen) atoms. The van der Waals surface area contributed by atoms with Crippen molar-refractivity contribution in [1.29, 1.82) is 0 Å². The standard InChI is InChI=1S/C34H41F3N4O4S/c1-44-32-20-27(46(2,42)43)12-13-30(32)38-16-4-5-26-19-28-29(6-3-7-31(28)41(26)21-34(35,36)37)39-24-8-10-25(11-9-24)40-17-14-33(15-18-40)22-45-23-33/h3,6-7,12-13,19-20,24-25,38-39H,8-11,14-18,21-23H2,1-2H3. The molecule has 0 amide bonds. The van der Waals surface area contributed by atoms with E-state index in [9.17, 15) is 21.6 Å². The van der Waals surface area contributed by atoms with E-state index in [-0.39, 0.29) is 23.2 Å². The molecule has 2 aliphatic heterocycles. The van der Waals surface area contributed by atoms with E-state index in [4.69, 9.17) is 9.47 Å². The molecule has 2 saturated heterocycles. The van der Waals surface area contributed by atoms with Crippen molar-refractivity contribution in [3.8, 4) is 17.6 Å². The van der Waals surface area contributed by atoms with Gasteiger partial charge in [0, 0.05) is 40.9 Å². The van der Waals surface area contributed by atoms with Gasteiger partial charge in [0.05, 0.1) is 48.7 Å². The van der Waals surface area contributed by atoms with Crippen molar-refractivity contribution in [2.75, 3.05) is 56.8 Å². The van der Waals surface area contributed by atoms with Gasteiger partial charge in [-0.1, -0.05) is 12.0 Å². The summed E-state index contributed by atoms with van der Waals surface area (Å²) in [6.45, 7) is 3.07. The van der Waals surface area contributed by atoms with Gasteiger partial charge in [-0.25, -0.2) is 8.42 Å². The molecule has 0 bridgehead atoms. The Hall–Kier alpha value is -3.40. The van der Waals surface area contributed by atoms with Crippen LogP contribution in [0.25, 0.3) is 10.9 Å². The Balaban J connectivity index is 1.14. The molecule has 12 heteroatoms. The lowest BCUT2D eigenvalue weighted by atomic mass is 9.76. The molecule has 1 saturated carbocycles. The fourth-order valence-corrected chi connectivity index (χ4v) is 7.67. The van der Waals surface area contributed by atoms with E-state index < -0.39 is 22.6 Å². The van der Waals surface area contributed by atoms with Crippen molar-refractivity contribution >= 4 is 32.1 Å². The Bertz CT molecular complexity index is 1720. The molecular weight excluding hydrogens is 617 g/mol. The van der Waals surface area contributed by atoms with Gasteiger partial charge in [0.15, 0.2) is 9.84 Å². The van der Waals surface area contributed by atoms with Crippen LogP contribution in [0.3, 0.4) is 0 Å². The maximum atomic E-state index is 13.7. The number of rotatable bonds is 8. The predicted octanol–water partition coefficient (Wildman–Crippen LogP) is 5.91. The molecule has 3 heterocycles. The summed E-state index contributed by atoms with van der Waals surface area (Å²) in [5.74, 6) is 6.18. The second kappa shape index (κ2) is 13.0. The summed E-state index contributed by atoms with van der Waals surface area (Å²) in [5.41, 5.74) is 2.53. The number of piperidine rings is 1. The van der Waals surface area contributed by atoms with Gasteiger partial charge in [-0.3, -0.25) is 0 Å². The molecule has 6 rings (SSSR count). The van der Waals surface area contributed by atoms with Gasteiger partial charge in [-0.15, -0.1) is 0 Å². The minimum absolute atomic E-state index is 0.113. The highest BCUT2D eigenvalue weighted by Gasteiger charge is 2.42. The quantitative estimate of drug-likeness (QED) is 0.291. The normalized spacial score (nSPS) is 21.8. The first kappa shape index (κ1) is 32.5. The number of halogens is 3. The summed E-state index contributed by atoms with van der Waals surface area (Å²) in [5, 5.41) is 7.44. The molecule has 2 aromatic carbocycles. The third kappa shape index (κ3) is 7.27. The van der Waals surface area contributed by atoms with Gasteiger partial charge in [0.2, 0.25) is 0 Å². The average molecular weight is 659 g/mol. The molecular formula is C34H41F3N4O4S. The first-order valence-electron chi connectivity index (χ1n) is 15.8. The number of nitrogens with zero attached hydrogens (tertiary/aromatic N) is 2. The lowest BCUT2D eigenvalue weighted by Gasteiger charge is -2.49. The predicted molar refractivity (Wildman–Crippen MR) is 173 cm³/mol. The van der Waals surface area contributed by atoms with Gasteiger partial charge in [0.1, 0.15) is 12.3 Å². The largest absolute Gasteiger partial charge is 0.495 e. The lowest BCUT2D eigenvalue weighted by molar-refractivity contribution is -0.143. The minimum Gasteiger partial charge on any atom is -0.495 e. The van der Waals surface area contributed by atoms with Crippen LogP contribution >= 0.6 is 0 Å². The van der Waals surface area contributed by atoms with Crippen molar-refractivity contribution in [2.24, 2.45) is 5.41 Å². The zero-order chi connectivity index (χ0) is 32.5. The van der Waals surface area contributed by atoms with E-state index in [2.05, 4.69) is 27.4 Å². The smallest absolute Gasteiger partial charge is 0.406 e. The number of alkyl halides is 3. The fourth-order valence-electron chi connectivity index (χ4n) is 7.03. The van der Waals surface area contributed by atoms with Crippen LogP contribution in [0.15, 0.2) is 47.4 Å². The zero-order valence-corrected chi connectivity index (χ0v) is 27.1. The second-order valence-corrected chi connectivity index (χ2v) is 15.0. The van der Waals surface area contributed by atoms with E-state index in [1.165, 1.54) is 36.7 Å². The van der Waals surface area contributed by atoms with Crippen molar-refractivity contribution in [1.82, 2.24) is 9.47 Å². The minimum atomic E-state index is -4.42. The van der Waals surface area contributed by atoms with Gasteiger partial charge < -0.3 is 29.6 Å². The number of methoxy groups -OCH3 is 1. The van der Waals surface area contributed by atoms with Crippen LogP contribution in [-0.2, 0) is 21.1 Å². The number of sulfone groups is 1. The van der Waals surface area contributed by atoms with Crippen molar-refractivity contribution in [3.63, 3.8) is 0 Å². The molecule has 2 N–H and O–H groups in total. The number of hydrogen-bond donors (Lipinski definition) is 2. The number of benzene rings is 2. The molecule has 3 aromatic rings. The molecule has 1 aliphatic carbocycles. The summed E-state index contributed by atoms with van der Waals surface area (Å²) >= 11 is 0. The van der Waals surface area contributed by atoms with E-state index in [1.54, 1.807) is 24.3 Å². The molecule has 248 valence electrons. The highest BCUT2D eigenvalue weighted by atomic mass is 32.2. The molecule has 1 spiro atoms. The number of ether oxygens (including phenoxy) is 2. The van der Waals surface area contributed by atoms with Crippen molar-refractivity contribution in [3.05, 3.63) is 48.2 Å². The Labute approximate surface area is 268 Å². The highest BCUT2D eigenvalue weighted by molar-refractivity contribution is 7.90. The number of anilines is 2. The van der Waals surface area contributed by atoms with Crippen LogP contribution in [0.1, 0.15) is 44.2 Å².